The lowest BCUT2D eigenvalue weighted by molar-refractivity contribution is -0.141. The topological polar surface area (TPSA) is 84.9 Å². The molecule has 3 aliphatic heterocycles. The first kappa shape index (κ1) is 15.6. The van der Waals surface area contributed by atoms with E-state index in [0.29, 0.717) is 19.4 Å². The number of nitrogens with one attached hydrogen (secondary N) is 2. The predicted octanol–water partition coefficient (Wildman–Crippen LogP) is -0.292. The molecule has 2 saturated heterocycles. The van der Waals surface area contributed by atoms with Crippen molar-refractivity contribution < 1.29 is 14.7 Å². The van der Waals surface area contributed by atoms with Crippen molar-refractivity contribution >= 4 is 17.5 Å². The Balaban J connectivity index is 1.54. The van der Waals surface area contributed by atoms with Gasteiger partial charge in [0.1, 0.15) is 6.23 Å². The third-order valence-corrected chi connectivity index (χ3v) is 5.16. The van der Waals surface area contributed by atoms with Gasteiger partial charge in [0.05, 0.1) is 6.04 Å². The Morgan fingerprint density at radius 2 is 1.96 bits per heavy atom. The highest BCUT2D eigenvalue weighted by Gasteiger charge is 2.39. The molecule has 3 heterocycles. The number of carbonyl (C=O) groups is 2. The minimum absolute atomic E-state index is 0.233. The zero-order chi connectivity index (χ0) is 16.7. The molecule has 0 spiro atoms. The molecule has 7 nitrogen and oxygen atoms in total. The molecule has 1 aromatic rings. The number of nitrogens with zero attached hydrogens (tertiary/aromatic N) is 2. The molecule has 2 amide bonds. The summed E-state index contributed by atoms with van der Waals surface area (Å²) < 4.78 is 0. The molecule has 0 radical (unpaired) electrons. The van der Waals surface area contributed by atoms with E-state index in [2.05, 4.69) is 21.6 Å². The van der Waals surface area contributed by atoms with Crippen LogP contribution in [0.4, 0.5) is 5.69 Å². The highest BCUT2D eigenvalue weighted by Crippen LogP contribution is 2.37. The van der Waals surface area contributed by atoms with Crippen LogP contribution in [0.5, 0.6) is 0 Å². The second kappa shape index (κ2) is 6.16. The number of rotatable bonds is 2. The smallest absolute Gasteiger partial charge is 0.244 e. The van der Waals surface area contributed by atoms with Gasteiger partial charge < -0.3 is 15.3 Å². The maximum absolute atomic E-state index is 12.1. The zero-order valence-electron chi connectivity index (χ0n) is 13.5. The van der Waals surface area contributed by atoms with Gasteiger partial charge in [0, 0.05) is 50.4 Å². The summed E-state index contributed by atoms with van der Waals surface area (Å²) in [5, 5.41) is 16.3. The van der Waals surface area contributed by atoms with Crippen molar-refractivity contribution in [2.75, 3.05) is 31.1 Å². The van der Waals surface area contributed by atoms with Gasteiger partial charge >= 0.3 is 0 Å². The van der Waals surface area contributed by atoms with Crippen LogP contribution in [0, 0.1) is 0 Å². The van der Waals surface area contributed by atoms with E-state index in [4.69, 9.17) is 0 Å². The van der Waals surface area contributed by atoms with Crippen molar-refractivity contribution in [1.82, 2.24) is 15.5 Å². The molecule has 3 N–H and O–H groups in total. The number of piperidine rings is 1. The summed E-state index contributed by atoms with van der Waals surface area (Å²) in [6.45, 7) is 4.42. The number of hydrogen-bond acceptors (Lipinski definition) is 6. The number of piperazine rings is 1. The number of aliphatic hydroxyl groups excluding tert-OH is 1. The standard InChI is InChI=1S/C17H22N4O3/c22-15-4-3-14(16(23)19-15)21-10-11-9-12(1-2-13(11)17(21)24)20-7-5-18-6-8-20/h1-2,9,14,17-18,24H,3-8,10H2,(H,19,22,23). The van der Waals surface area contributed by atoms with Crippen LogP contribution in [0.3, 0.4) is 0 Å². The van der Waals surface area contributed by atoms with Gasteiger partial charge in [0.15, 0.2) is 0 Å². The van der Waals surface area contributed by atoms with Crippen LogP contribution in [-0.2, 0) is 16.1 Å². The highest BCUT2D eigenvalue weighted by atomic mass is 16.3. The minimum atomic E-state index is -0.791. The van der Waals surface area contributed by atoms with Gasteiger partial charge in [0.2, 0.25) is 11.8 Å². The van der Waals surface area contributed by atoms with E-state index in [9.17, 15) is 14.7 Å². The number of amides is 2. The third-order valence-electron chi connectivity index (χ3n) is 5.16. The third kappa shape index (κ3) is 2.68. The van der Waals surface area contributed by atoms with Gasteiger partial charge in [-0.05, 0) is 24.1 Å². The van der Waals surface area contributed by atoms with Crippen LogP contribution in [0.1, 0.15) is 30.2 Å². The Labute approximate surface area is 140 Å². The molecule has 3 aliphatic rings. The van der Waals surface area contributed by atoms with Gasteiger partial charge in [-0.1, -0.05) is 6.07 Å². The molecule has 2 unspecified atom stereocenters. The number of benzene rings is 1. The van der Waals surface area contributed by atoms with Crippen molar-refractivity contribution in [2.24, 2.45) is 0 Å². The zero-order valence-corrected chi connectivity index (χ0v) is 13.5. The molecular weight excluding hydrogens is 308 g/mol. The minimum Gasteiger partial charge on any atom is -0.374 e. The summed E-state index contributed by atoms with van der Waals surface area (Å²) in [6.07, 6.45) is -0.0106. The summed E-state index contributed by atoms with van der Waals surface area (Å²) in [5.74, 6) is -0.538. The summed E-state index contributed by atoms with van der Waals surface area (Å²) in [5.41, 5.74) is 3.08. The first-order valence-corrected chi connectivity index (χ1v) is 8.49. The van der Waals surface area contributed by atoms with Crippen LogP contribution in [0.15, 0.2) is 18.2 Å². The lowest BCUT2D eigenvalue weighted by atomic mass is 10.0. The Hall–Kier alpha value is -1.96. The second-order valence-corrected chi connectivity index (χ2v) is 6.63. The average Bonchev–Trinajstić information content (AvgIpc) is 2.92. The molecule has 0 saturated carbocycles. The van der Waals surface area contributed by atoms with Gasteiger partial charge in [-0.15, -0.1) is 0 Å². The molecule has 4 rings (SSSR count). The molecule has 2 atom stereocenters. The van der Waals surface area contributed by atoms with E-state index in [1.807, 2.05) is 12.1 Å². The average molecular weight is 330 g/mol. The van der Waals surface area contributed by atoms with Gasteiger partial charge in [0.25, 0.3) is 0 Å². The molecular formula is C17H22N4O3. The van der Waals surface area contributed by atoms with Crippen molar-refractivity contribution in [3.8, 4) is 0 Å². The van der Waals surface area contributed by atoms with Crippen LogP contribution >= 0.6 is 0 Å². The van der Waals surface area contributed by atoms with Crippen LogP contribution in [0.2, 0.25) is 0 Å². The quantitative estimate of drug-likeness (QED) is 0.646. The van der Waals surface area contributed by atoms with Crippen LogP contribution in [-0.4, -0.2) is 54.0 Å². The van der Waals surface area contributed by atoms with E-state index in [1.165, 1.54) is 0 Å². The molecule has 24 heavy (non-hydrogen) atoms. The fourth-order valence-electron chi connectivity index (χ4n) is 3.84. The maximum atomic E-state index is 12.1. The Morgan fingerprint density at radius 3 is 2.71 bits per heavy atom. The lowest BCUT2D eigenvalue weighted by Gasteiger charge is -2.31. The van der Waals surface area contributed by atoms with Gasteiger partial charge in [-0.2, -0.15) is 0 Å². The Bertz CT molecular complexity index is 672. The number of carbonyl (C=O) groups excluding carboxylic acids is 2. The number of aliphatic hydroxyl groups is 1. The molecule has 2 fully saturated rings. The number of fused-ring (bicyclic) bond motifs is 1. The lowest BCUT2D eigenvalue weighted by Crippen LogP contribution is -2.51. The normalized spacial score (nSPS) is 28.0. The Kier molecular flexibility index (Phi) is 3.99. The fourth-order valence-corrected chi connectivity index (χ4v) is 3.84. The van der Waals surface area contributed by atoms with Crippen LogP contribution in [0.25, 0.3) is 0 Å². The number of imide groups is 1. The second-order valence-electron chi connectivity index (χ2n) is 6.63. The fraction of sp³-hybridized carbons (Fsp3) is 0.529. The van der Waals surface area contributed by atoms with Crippen molar-refractivity contribution in [2.45, 2.75) is 31.7 Å². The summed E-state index contributed by atoms with van der Waals surface area (Å²) >= 11 is 0. The number of anilines is 1. The van der Waals surface area contributed by atoms with E-state index in [1.54, 1.807) is 4.90 Å². The molecule has 0 aliphatic carbocycles. The summed E-state index contributed by atoms with van der Waals surface area (Å²) in [6, 6.07) is 5.67. The molecule has 128 valence electrons. The van der Waals surface area contributed by atoms with Crippen molar-refractivity contribution in [3.05, 3.63) is 29.3 Å². The Morgan fingerprint density at radius 1 is 1.17 bits per heavy atom. The first-order valence-electron chi connectivity index (χ1n) is 8.49. The summed E-state index contributed by atoms with van der Waals surface area (Å²) in [4.78, 5) is 27.5. The SMILES string of the molecule is O=C1CCC(N2Cc3cc(N4CCNCC4)ccc3C2O)C(=O)N1. The number of hydrogen-bond donors (Lipinski definition) is 3. The van der Waals surface area contributed by atoms with Gasteiger partial charge in [-0.25, -0.2) is 0 Å². The molecule has 0 aromatic heterocycles. The van der Waals surface area contributed by atoms with E-state index in [0.717, 1.165) is 43.0 Å². The highest BCUT2D eigenvalue weighted by molar-refractivity contribution is 6.00. The van der Waals surface area contributed by atoms with E-state index < -0.39 is 12.3 Å². The summed E-state index contributed by atoms with van der Waals surface area (Å²) in [7, 11) is 0. The molecule has 0 bridgehead atoms. The van der Waals surface area contributed by atoms with Gasteiger partial charge in [-0.3, -0.25) is 19.8 Å². The van der Waals surface area contributed by atoms with E-state index in [-0.39, 0.29) is 11.8 Å². The maximum Gasteiger partial charge on any atom is 0.244 e. The van der Waals surface area contributed by atoms with Crippen molar-refractivity contribution in [1.29, 1.82) is 0 Å². The predicted molar refractivity (Wildman–Crippen MR) is 88.2 cm³/mol. The van der Waals surface area contributed by atoms with Crippen LogP contribution < -0.4 is 15.5 Å². The molecule has 1 aromatic carbocycles. The monoisotopic (exact) mass is 330 g/mol. The van der Waals surface area contributed by atoms with E-state index >= 15 is 0 Å². The molecule has 7 heteroatoms. The van der Waals surface area contributed by atoms with Crippen molar-refractivity contribution in [3.63, 3.8) is 0 Å². The first-order chi connectivity index (χ1) is 11.6. The largest absolute Gasteiger partial charge is 0.374 e.